The van der Waals surface area contributed by atoms with Crippen molar-refractivity contribution in [3.8, 4) is 0 Å². The van der Waals surface area contributed by atoms with Crippen LogP contribution in [0.15, 0.2) is 23.2 Å². The number of anilines is 1. The zero-order valence-corrected chi connectivity index (χ0v) is 22.3. The van der Waals surface area contributed by atoms with Crippen LogP contribution in [0.5, 0.6) is 0 Å². The summed E-state index contributed by atoms with van der Waals surface area (Å²) in [6, 6.07) is 3.11. The van der Waals surface area contributed by atoms with E-state index in [4.69, 9.17) is 0 Å². The third-order valence-electron chi connectivity index (χ3n) is 5.40. The van der Waals surface area contributed by atoms with Gasteiger partial charge in [0, 0.05) is 13.6 Å². The molecular weight excluding hydrogens is 444 g/mol. The molecule has 1 saturated heterocycles. The SMILES string of the molecule is CC(C)c1cc(F)cc(C(C)C)c1NC(=O)[N-]S(=O)(=O)c1cc(CN2CCC2)n(C)n1.[Na+]. The molecule has 1 aliphatic rings. The molecule has 1 aliphatic heterocycles. The van der Waals surface area contributed by atoms with Crippen LogP contribution in [0.1, 0.15) is 62.8 Å². The molecule has 32 heavy (non-hydrogen) atoms. The number of rotatable bonds is 7. The minimum Gasteiger partial charge on any atom is -0.423 e. The minimum absolute atomic E-state index is 0. The van der Waals surface area contributed by atoms with Crippen molar-refractivity contribution in [3.05, 3.63) is 45.6 Å². The molecule has 170 valence electrons. The number of nitrogens with zero attached hydrogens (tertiary/aromatic N) is 4. The number of carbonyl (C=O) groups excluding carboxylic acids is 1. The van der Waals surface area contributed by atoms with Crippen molar-refractivity contribution in [2.45, 2.75) is 57.5 Å². The average molecular weight is 474 g/mol. The van der Waals surface area contributed by atoms with E-state index in [9.17, 15) is 17.6 Å². The molecule has 2 aromatic rings. The Morgan fingerprint density at radius 1 is 1.16 bits per heavy atom. The first-order chi connectivity index (χ1) is 14.5. The van der Waals surface area contributed by atoms with Crippen LogP contribution in [-0.4, -0.2) is 42.2 Å². The van der Waals surface area contributed by atoms with Gasteiger partial charge in [-0.05, 0) is 66.4 Å². The Bertz CT molecular complexity index is 1050. The van der Waals surface area contributed by atoms with Crippen LogP contribution >= 0.6 is 0 Å². The van der Waals surface area contributed by atoms with Gasteiger partial charge in [0.2, 0.25) is 10.0 Å². The van der Waals surface area contributed by atoms with Gasteiger partial charge in [0.15, 0.2) is 11.1 Å². The summed E-state index contributed by atoms with van der Waals surface area (Å²) in [4.78, 5) is 14.7. The van der Waals surface area contributed by atoms with Crippen molar-refractivity contribution in [2.24, 2.45) is 7.05 Å². The molecule has 0 spiro atoms. The van der Waals surface area contributed by atoms with Gasteiger partial charge < -0.3 is 10.0 Å². The van der Waals surface area contributed by atoms with E-state index in [1.165, 1.54) is 22.9 Å². The number of aryl methyl sites for hydroxylation is 1. The molecule has 1 aromatic carbocycles. The fourth-order valence-corrected chi connectivity index (χ4v) is 4.38. The molecule has 11 heteroatoms. The Labute approximate surface area is 211 Å². The van der Waals surface area contributed by atoms with Crippen LogP contribution in [0.25, 0.3) is 4.72 Å². The first-order valence-corrected chi connectivity index (χ1v) is 11.8. The number of hydrogen-bond acceptors (Lipinski definition) is 5. The number of benzene rings is 1. The van der Waals surface area contributed by atoms with Gasteiger partial charge in [-0.2, -0.15) is 5.10 Å². The van der Waals surface area contributed by atoms with Crippen LogP contribution in [0.2, 0.25) is 0 Å². The van der Waals surface area contributed by atoms with Gasteiger partial charge in [-0.3, -0.25) is 14.4 Å². The van der Waals surface area contributed by atoms with Crippen LogP contribution in [0.3, 0.4) is 0 Å². The molecule has 2 heterocycles. The number of amides is 2. The third kappa shape index (κ3) is 6.11. The molecule has 1 fully saturated rings. The normalized spacial score (nSPS) is 14.2. The topological polar surface area (TPSA) is 98.4 Å². The standard InChI is InChI=1S/C21H30FN5O3S.Na/c1-13(2)17-9-15(22)10-18(14(3)4)20(17)23-21(28)25-31(29,30)19-11-16(26(5)24-19)12-27-7-6-8-27;/h9-11,13-14H,6-8,12H2,1-5H3,(H2,23,25,28);/q;+1/p-1. The minimum atomic E-state index is -4.29. The fourth-order valence-electron chi connectivity index (χ4n) is 3.51. The summed E-state index contributed by atoms with van der Waals surface area (Å²) < 4.78 is 44.3. The van der Waals surface area contributed by atoms with E-state index in [0.717, 1.165) is 25.2 Å². The number of urea groups is 1. The molecular formula is C21H29FN5NaO3S. The molecule has 0 unspecified atom stereocenters. The quantitative estimate of drug-likeness (QED) is 0.612. The molecule has 0 saturated carbocycles. The summed E-state index contributed by atoms with van der Waals surface area (Å²) in [6.45, 7) is 10.0. The zero-order valence-electron chi connectivity index (χ0n) is 19.5. The van der Waals surface area contributed by atoms with Gasteiger partial charge >= 0.3 is 29.6 Å². The molecule has 1 aromatic heterocycles. The van der Waals surface area contributed by atoms with E-state index < -0.39 is 21.9 Å². The predicted molar refractivity (Wildman–Crippen MR) is 117 cm³/mol. The van der Waals surface area contributed by atoms with E-state index >= 15 is 0 Å². The number of carbonyl (C=O) groups is 1. The Morgan fingerprint density at radius 2 is 1.72 bits per heavy atom. The predicted octanol–water partition coefficient (Wildman–Crippen LogP) is 1.31. The number of halogens is 1. The van der Waals surface area contributed by atoms with E-state index in [1.807, 2.05) is 27.7 Å². The molecule has 3 rings (SSSR count). The first kappa shape index (κ1) is 26.8. The first-order valence-electron chi connectivity index (χ1n) is 10.4. The van der Waals surface area contributed by atoms with Gasteiger partial charge in [0.1, 0.15) is 5.82 Å². The molecule has 0 atom stereocenters. The summed E-state index contributed by atoms with van der Waals surface area (Å²) in [5.41, 5.74) is 2.30. The van der Waals surface area contributed by atoms with Crippen molar-refractivity contribution < 1.29 is 47.2 Å². The van der Waals surface area contributed by atoms with E-state index in [-0.39, 0.29) is 46.4 Å². The Kier molecular flexibility index (Phi) is 8.91. The summed E-state index contributed by atoms with van der Waals surface area (Å²) in [6.07, 6.45) is 1.12. The van der Waals surface area contributed by atoms with Gasteiger partial charge in [-0.1, -0.05) is 27.7 Å². The van der Waals surface area contributed by atoms with Crippen LogP contribution < -0.4 is 34.9 Å². The number of nitrogens with one attached hydrogen (secondary N) is 1. The Hall–Kier alpha value is -1.46. The van der Waals surface area contributed by atoms with E-state index in [1.54, 1.807) is 7.05 Å². The van der Waals surface area contributed by atoms with Crippen LogP contribution in [-0.2, 0) is 23.6 Å². The van der Waals surface area contributed by atoms with Crippen LogP contribution in [0, 0.1) is 5.82 Å². The largest absolute Gasteiger partial charge is 1.00 e. The fraction of sp³-hybridized carbons (Fsp3) is 0.524. The maximum atomic E-state index is 14.1. The van der Waals surface area contributed by atoms with E-state index in [2.05, 4.69) is 20.0 Å². The van der Waals surface area contributed by atoms with Crippen LogP contribution in [0.4, 0.5) is 14.9 Å². The van der Waals surface area contributed by atoms with Crippen molar-refractivity contribution in [1.82, 2.24) is 14.7 Å². The van der Waals surface area contributed by atoms with E-state index in [0.29, 0.717) is 23.4 Å². The number of hydrogen-bond donors (Lipinski definition) is 1. The van der Waals surface area contributed by atoms with Gasteiger partial charge in [-0.15, -0.1) is 0 Å². The monoisotopic (exact) mass is 473 g/mol. The third-order valence-corrected chi connectivity index (χ3v) is 6.53. The number of aromatic nitrogens is 2. The maximum absolute atomic E-state index is 14.1. The summed E-state index contributed by atoms with van der Waals surface area (Å²) in [5.74, 6) is -0.571. The number of likely N-dealkylation sites (tertiary alicyclic amines) is 1. The van der Waals surface area contributed by atoms with Crippen molar-refractivity contribution in [2.75, 3.05) is 18.4 Å². The van der Waals surface area contributed by atoms with Crippen molar-refractivity contribution >= 4 is 21.7 Å². The summed E-state index contributed by atoms with van der Waals surface area (Å²) in [5, 5.41) is 6.34. The second-order valence-electron chi connectivity index (χ2n) is 8.49. The molecule has 8 nitrogen and oxygen atoms in total. The second-order valence-corrected chi connectivity index (χ2v) is 10.0. The smallest absolute Gasteiger partial charge is 0.423 e. The van der Waals surface area contributed by atoms with Gasteiger partial charge in [0.05, 0.1) is 5.69 Å². The Balaban J connectivity index is 0.00000363. The van der Waals surface area contributed by atoms with Crippen molar-refractivity contribution in [1.29, 1.82) is 0 Å². The zero-order chi connectivity index (χ0) is 22.9. The summed E-state index contributed by atoms with van der Waals surface area (Å²) >= 11 is 0. The number of sulfonamides is 1. The maximum Gasteiger partial charge on any atom is 1.00 e. The molecule has 0 radical (unpaired) electrons. The molecule has 1 N–H and O–H groups in total. The van der Waals surface area contributed by atoms with Gasteiger partial charge in [-0.25, -0.2) is 12.8 Å². The molecule has 0 aliphatic carbocycles. The molecule has 0 bridgehead atoms. The average Bonchev–Trinajstić information content (AvgIpc) is 3.00. The van der Waals surface area contributed by atoms with Gasteiger partial charge in [0.25, 0.3) is 0 Å². The van der Waals surface area contributed by atoms with Crippen molar-refractivity contribution in [3.63, 3.8) is 0 Å². The molecule has 2 amide bonds. The summed E-state index contributed by atoms with van der Waals surface area (Å²) in [7, 11) is -2.63. The second kappa shape index (κ2) is 10.6. The Morgan fingerprint density at radius 3 is 2.19 bits per heavy atom.